The van der Waals surface area contributed by atoms with Gasteiger partial charge in [-0.05, 0) is 50.1 Å². The molecular formula is C22H24BrNO2S2. The van der Waals surface area contributed by atoms with Crippen LogP contribution >= 0.6 is 27.7 Å². The number of benzene rings is 2. The summed E-state index contributed by atoms with van der Waals surface area (Å²) in [7, 11) is -3.64. The van der Waals surface area contributed by atoms with Crippen LogP contribution in [0.3, 0.4) is 0 Å². The van der Waals surface area contributed by atoms with Crippen LogP contribution in [0, 0.1) is 13.8 Å². The van der Waals surface area contributed by atoms with Gasteiger partial charge in [0.2, 0.25) is 0 Å². The molecule has 6 heteroatoms. The van der Waals surface area contributed by atoms with Crippen LogP contribution in [0.4, 0.5) is 0 Å². The van der Waals surface area contributed by atoms with Crippen molar-refractivity contribution in [2.75, 3.05) is 11.1 Å². The first-order chi connectivity index (χ1) is 13.4. The zero-order valence-corrected chi connectivity index (χ0v) is 19.3. The number of thioether (sulfide) groups is 1. The molecular weight excluding hydrogens is 454 g/mol. The smallest absolute Gasteiger partial charge is 0.244 e. The monoisotopic (exact) mass is 477 g/mol. The molecule has 0 amide bonds. The molecule has 0 spiro atoms. The van der Waals surface area contributed by atoms with E-state index >= 15 is 0 Å². The van der Waals surface area contributed by atoms with E-state index in [1.807, 2.05) is 56.3 Å². The highest BCUT2D eigenvalue weighted by Gasteiger charge is 2.24. The van der Waals surface area contributed by atoms with Gasteiger partial charge >= 0.3 is 0 Å². The third kappa shape index (κ3) is 4.56. The summed E-state index contributed by atoms with van der Waals surface area (Å²) in [5.74, 6) is 0.959. The topological polar surface area (TPSA) is 39.1 Å². The molecule has 0 aliphatic rings. The molecule has 1 aromatic heterocycles. The van der Waals surface area contributed by atoms with Gasteiger partial charge in [0.1, 0.15) is 0 Å². The Balaban J connectivity index is 2.07. The highest BCUT2D eigenvalue weighted by atomic mass is 79.9. The normalized spacial score (nSPS) is 11.7. The van der Waals surface area contributed by atoms with E-state index in [0.717, 1.165) is 51.2 Å². The summed E-state index contributed by atoms with van der Waals surface area (Å²) in [6, 6.07) is 17.0. The molecule has 0 radical (unpaired) electrons. The van der Waals surface area contributed by atoms with Gasteiger partial charge in [-0.3, -0.25) is 0 Å². The summed E-state index contributed by atoms with van der Waals surface area (Å²) in [6.07, 6.45) is 3.96. The lowest BCUT2D eigenvalue weighted by Gasteiger charge is -2.09. The maximum atomic E-state index is 13.3. The highest BCUT2D eigenvalue weighted by molar-refractivity contribution is 9.09. The number of rotatable bonds is 8. The quantitative estimate of drug-likeness (QED) is 0.217. The van der Waals surface area contributed by atoms with Crippen LogP contribution in [0.1, 0.15) is 24.1 Å². The third-order valence-corrected chi connectivity index (χ3v) is 8.21. The Hall–Kier alpha value is -1.50. The predicted octanol–water partition coefficient (Wildman–Crippen LogP) is 6.28. The molecule has 0 atom stereocenters. The summed E-state index contributed by atoms with van der Waals surface area (Å²) in [4.78, 5) is 1.35. The first-order valence-corrected chi connectivity index (χ1v) is 12.8. The van der Waals surface area contributed by atoms with Gasteiger partial charge in [-0.15, -0.1) is 11.8 Å². The van der Waals surface area contributed by atoms with Crippen molar-refractivity contribution in [3.05, 3.63) is 72.1 Å². The largest absolute Gasteiger partial charge is 0.267 e. The molecule has 0 fully saturated rings. The fraction of sp³-hybridized carbons (Fsp3) is 0.273. The zero-order chi connectivity index (χ0) is 20.1. The molecule has 3 aromatic rings. The van der Waals surface area contributed by atoms with Gasteiger partial charge in [-0.2, -0.15) is 0 Å². The van der Waals surface area contributed by atoms with Crippen molar-refractivity contribution in [2.24, 2.45) is 0 Å². The number of aromatic nitrogens is 1. The molecule has 3 nitrogen and oxygen atoms in total. The summed E-state index contributed by atoms with van der Waals surface area (Å²) in [5, 5.41) is 0.987. The van der Waals surface area contributed by atoms with Gasteiger partial charge in [0.15, 0.2) is 0 Å². The van der Waals surface area contributed by atoms with Gasteiger partial charge in [0, 0.05) is 27.7 Å². The van der Waals surface area contributed by atoms with E-state index in [4.69, 9.17) is 0 Å². The van der Waals surface area contributed by atoms with Crippen molar-refractivity contribution in [3.63, 3.8) is 0 Å². The van der Waals surface area contributed by atoms with Gasteiger partial charge in [-0.25, -0.2) is 12.4 Å². The fourth-order valence-electron chi connectivity index (χ4n) is 3.02. The molecule has 0 N–H and O–H groups in total. The molecule has 28 heavy (non-hydrogen) atoms. The summed E-state index contributed by atoms with van der Waals surface area (Å²) >= 11 is 5.21. The van der Waals surface area contributed by atoms with Crippen molar-refractivity contribution in [3.8, 4) is 11.1 Å². The Kier molecular flexibility index (Phi) is 7.07. The minimum Gasteiger partial charge on any atom is -0.244 e. The van der Waals surface area contributed by atoms with E-state index in [0.29, 0.717) is 4.90 Å². The number of halogens is 1. The molecule has 0 aliphatic heterocycles. The lowest BCUT2D eigenvalue weighted by Crippen LogP contribution is -2.13. The number of hydrogen-bond acceptors (Lipinski definition) is 3. The second kappa shape index (κ2) is 9.33. The molecule has 0 aliphatic carbocycles. The Labute approximate surface area is 180 Å². The SMILES string of the molecule is Cc1ccc(S(=O)(=O)n2cc(-c3ccccc3)c(SCCCCBr)c2C)cc1. The Morgan fingerprint density at radius 2 is 1.64 bits per heavy atom. The second-order valence-corrected chi connectivity index (χ2v) is 10.4. The standard InChI is InChI=1S/C22H24BrNO2S2/c1-17-10-12-20(13-11-17)28(25,26)24-16-21(19-8-4-3-5-9-19)22(18(24)2)27-15-7-6-14-23/h3-5,8-13,16H,6-7,14-15H2,1-2H3. The van der Waals surface area contributed by atoms with E-state index in [1.165, 1.54) is 3.97 Å². The van der Waals surface area contributed by atoms with E-state index in [1.54, 1.807) is 30.1 Å². The Morgan fingerprint density at radius 3 is 2.29 bits per heavy atom. The van der Waals surface area contributed by atoms with Crippen LogP contribution in [0.25, 0.3) is 11.1 Å². The van der Waals surface area contributed by atoms with Crippen molar-refractivity contribution in [2.45, 2.75) is 36.5 Å². The van der Waals surface area contributed by atoms with Gasteiger partial charge in [-0.1, -0.05) is 64.0 Å². The van der Waals surface area contributed by atoms with Gasteiger partial charge in [0.05, 0.1) is 4.90 Å². The van der Waals surface area contributed by atoms with Gasteiger partial charge in [0.25, 0.3) is 10.0 Å². The first-order valence-electron chi connectivity index (χ1n) is 9.23. The molecule has 0 saturated heterocycles. The molecule has 0 saturated carbocycles. The maximum Gasteiger partial charge on any atom is 0.267 e. The van der Waals surface area contributed by atoms with Crippen molar-refractivity contribution >= 4 is 37.7 Å². The van der Waals surface area contributed by atoms with E-state index in [2.05, 4.69) is 15.9 Å². The predicted molar refractivity (Wildman–Crippen MR) is 122 cm³/mol. The van der Waals surface area contributed by atoms with Crippen molar-refractivity contribution < 1.29 is 8.42 Å². The van der Waals surface area contributed by atoms with Crippen LogP contribution < -0.4 is 0 Å². The average Bonchev–Trinajstić information content (AvgIpc) is 3.03. The molecule has 1 heterocycles. The molecule has 0 bridgehead atoms. The van der Waals surface area contributed by atoms with E-state index in [9.17, 15) is 8.42 Å². The number of hydrogen-bond donors (Lipinski definition) is 0. The Morgan fingerprint density at radius 1 is 0.964 bits per heavy atom. The average molecular weight is 478 g/mol. The van der Waals surface area contributed by atoms with Crippen LogP contribution in [0.2, 0.25) is 0 Å². The zero-order valence-electron chi connectivity index (χ0n) is 16.1. The minimum atomic E-state index is -3.64. The molecule has 3 rings (SSSR count). The van der Waals surface area contributed by atoms with E-state index in [-0.39, 0.29) is 0 Å². The lowest BCUT2D eigenvalue weighted by atomic mass is 10.1. The van der Waals surface area contributed by atoms with Crippen LogP contribution in [0.5, 0.6) is 0 Å². The van der Waals surface area contributed by atoms with Gasteiger partial charge < -0.3 is 0 Å². The summed E-state index contributed by atoms with van der Waals surface area (Å²) < 4.78 is 28.0. The molecule has 2 aromatic carbocycles. The number of alkyl halides is 1. The maximum absolute atomic E-state index is 13.3. The highest BCUT2D eigenvalue weighted by Crippen LogP contribution is 2.37. The fourth-order valence-corrected chi connectivity index (χ4v) is 6.06. The minimum absolute atomic E-state index is 0.312. The van der Waals surface area contributed by atoms with E-state index < -0.39 is 10.0 Å². The van der Waals surface area contributed by atoms with Crippen LogP contribution in [-0.2, 0) is 10.0 Å². The third-order valence-electron chi connectivity index (χ3n) is 4.59. The second-order valence-electron chi connectivity index (χ2n) is 6.68. The summed E-state index contributed by atoms with van der Waals surface area (Å²) in [6.45, 7) is 3.84. The number of nitrogens with zero attached hydrogens (tertiary/aromatic N) is 1. The number of unbranched alkanes of at least 4 members (excludes halogenated alkanes) is 1. The van der Waals surface area contributed by atoms with Crippen molar-refractivity contribution in [1.82, 2.24) is 3.97 Å². The summed E-state index contributed by atoms with van der Waals surface area (Å²) in [5.41, 5.74) is 3.81. The molecule has 148 valence electrons. The van der Waals surface area contributed by atoms with Crippen LogP contribution in [0.15, 0.2) is 70.6 Å². The lowest BCUT2D eigenvalue weighted by molar-refractivity contribution is 0.586. The Bertz CT molecular complexity index is 1030. The van der Waals surface area contributed by atoms with Crippen LogP contribution in [-0.4, -0.2) is 23.5 Å². The van der Waals surface area contributed by atoms with Crippen molar-refractivity contribution in [1.29, 1.82) is 0 Å². The first kappa shape index (κ1) is 21.2. The molecule has 0 unspecified atom stereocenters. The number of aryl methyl sites for hydroxylation is 1.